The zero-order valence-corrected chi connectivity index (χ0v) is 12.9. The maximum Gasteiger partial charge on any atom is 0.129 e. The summed E-state index contributed by atoms with van der Waals surface area (Å²) in [5, 5.41) is 13.4. The zero-order valence-electron chi connectivity index (χ0n) is 12.1. The Bertz CT molecular complexity index is 421. The van der Waals surface area contributed by atoms with Crippen LogP contribution in [-0.4, -0.2) is 29.2 Å². The molecule has 2 rings (SSSR count). The number of benzene rings is 1. The van der Waals surface area contributed by atoms with Crippen LogP contribution in [0.2, 0.25) is 0 Å². The Morgan fingerprint density at radius 1 is 1.30 bits per heavy atom. The van der Waals surface area contributed by atoms with Gasteiger partial charge >= 0.3 is 0 Å². The van der Waals surface area contributed by atoms with Crippen LogP contribution in [0.25, 0.3) is 0 Å². The molecule has 0 saturated heterocycles. The first-order valence-electron chi connectivity index (χ1n) is 7.35. The molecular weight excluding hydrogens is 273 g/mol. The van der Waals surface area contributed by atoms with Crippen molar-refractivity contribution in [1.82, 2.24) is 5.32 Å². The van der Waals surface area contributed by atoms with E-state index in [9.17, 15) is 9.50 Å². The lowest BCUT2D eigenvalue weighted by atomic mass is 9.88. The molecule has 0 bridgehead atoms. The second-order valence-corrected chi connectivity index (χ2v) is 6.89. The van der Waals surface area contributed by atoms with Gasteiger partial charge in [-0.3, -0.25) is 0 Å². The van der Waals surface area contributed by atoms with E-state index < -0.39 is 6.10 Å². The summed E-state index contributed by atoms with van der Waals surface area (Å²) in [6, 6.07) is 6.44. The molecule has 1 atom stereocenters. The molecule has 1 aliphatic carbocycles. The molecule has 0 aromatic heterocycles. The fraction of sp³-hybridized carbons (Fsp3) is 0.625. The van der Waals surface area contributed by atoms with Crippen molar-refractivity contribution in [2.24, 2.45) is 0 Å². The molecule has 1 unspecified atom stereocenters. The average molecular weight is 297 g/mol. The van der Waals surface area contributed by atoms with Crippen LogP contribution in [0.15, 0.2) is 24.3 Å². The number of thioether (sulfide) groups is 1. The summed E-state index contributed by atoms with van der Waals surface area (Å²) in [6.45, 7) is 1.29. The minimum atomic E-state index is -0.779. The monoisotopic (exact) mass is 297 g/mol. The largest absolute Gasteiger partial charge is 0.387 e. The van der Waals surface area contributed by atoms with Crippen molar-refractivity contribution in [3.8, 4) is 0 Å². The molecule has 0 radical (unpaired) electrons. The normalized spacial score (nSPS) is 19.8. The van der Waals surface area contributed by atoms with Crippen LogP contribution in [-0.2, 0) is 0 Å². The number of aliphatic hydroxyl groups excluding tert-OH is 1. The third-order valence-electron chi connectivity index (χ3n) is 4.25. The Balaban J connectivity index is 1.84. The molecule has 0 spiro atoms. The molecule has 4 heteroatoms. The van der Waals surface area contributed by atoms with Crippen molar-refractivity contribution in [3.63, 3.8) is 0 Å². The van der Waals surface area contributed by atoms with Gasteiger partial charge in [0.25, 0.3) is 0 Å². The van der Waals surface area contributed by atoms with Gasteiger partial charge in [0, 0.05) is 23.4 Å². The predicted octanol–water partition coefficient (Wildman–Crippen LogP) is 3.51. The Morgan fingerprint density at radius 3 is 2.65 bits per heavy atom. The second-order valence-electron chi connectivity index (χ2n) is 5.62. The second kappa shape index (κ2) is 7.43. The number of hydrogen-bond donors (Lipinski definition) is 2. The van der Waals surface area contributed by atoms with Crippen LogP contribution in [0.5, 0.6) is 0 Å². The quantitative estimate of drug-likeness (QED) is 0.842. The molecule has 2 N–H and O–H groups in total. The van der Waals surface area contributed by atoms with Crippen LogP contribution in [0, 0.1) is 5.82 Å². The van der Waals surface area contributed by atoms with Gasteiger partial charge < -0.3 is 10.4 Å². The summed E-state index contributed by atoms with van der Waals surface area (Å²) >= 11 is 1.93. The number of rotatable bonds is 6. The first-order chi connectivity index (χ1) is 9.67. The first-order valence-corrected chi connectivity index (χ1v) is 8.58. The van der Waals surface area contributed by atoms with Gasteiger partial charge in [-0.15, -0.1) is 0 Å². The highest BCUT2D eigenvalue weighted by Crippen LogP contribution is 2.38. The van der Waals surface area contributed by atoms with Crippen molar-refractivity contribution >= 4 is 11.8 Å². The summed E-state index contributed by atoms with van der Waals surface area (Å²) in [5.41, 5.74) is 0.377. The van der Waals surface area contributed by atoms with Gasteiger partial charge in [0.05, 0.1) is 6.10 Å². The smallest absolute Gasteiger partial charge is 0.129 e. The summed E-state index contributed by atoms with van der Waals surface area (Å²) in [4.78, 5) is 0. The van der Waals surface area contributed by atoms with Gasteiger partial charge in [-0.2, -0.15) is 11.8 Å². The number of nitrogens with one attached hydrogen (secondary N) is 1. The van der Waals surface area contributed by atoms with E-state index in [0.29, 0.717) is 16.9 Å². The van der Waals surface area contributed by atoms with Gasteiger partial charge in [-0.1, -0.05) is 37.5 Å². The van der Waals surface area contributed by atoms with Crippen molar-refractivity contribution < 1.29 is 9.50 Å². The van der Waals surface area contributed by atoms with E-state index in [4.69, 9.17) is 0 Å². The topological polar surface area (TPSA) is 32.3 Å². The molecule has 20 heavy (non-hydrogen) atoms. The van der Waals surface area contributed by atoms with E-state index >= 15 is 0 Å². The lowest BCUT2D eigenvalue weighted by molar-refractivity contribution is 0.168. The van der Waals surface area contributed by atoms with Crippen LogP contribution < -0.4 is 5.32 Å². The molecule has 0 heterocycles. The Labute approximate surface area is 125 Å². The first kappa shape index (κ1) is 15.8. The minimum Gasteiger partial charge on any atom is -0.387 e. The molecule has 1 saturated carbocycles. The lowest BCUT2D eigenvalue weighted by Gasteiger charge is -2.36. The molecule has 1 aliphatic rings. The average Bonchev–Trinajstić information content (AvgIpc) is 2.48. The van der Waals surface area contributed by atoms with Crippen molar-refractivity contribution in [2.45, 2.75) is 43.0 Å². The van der Waals surface area contributed by atoms with E-state index in [0.717, 1.165) is 6.54 Å². The Hall–Kier alpha value is -0.580. The highest BCUT2D eigenvalue weighted by Gasteiger charge is 2.30. The number of halogens is 1. The Kier molecular flexibility index (Phi) is 5.87. The van der Waals surface area contributed by atoms with Gasteiger partial charge in [0.15, 0.2) is 0 Å². The lowest BCUT2D eigenvalue weighted by Crippen LogP contribution is -2.40. The van der Waals surface area contributed by atoms with Gasteiger partial charge in [0.1, 0.15) is 5.82 Å². The highest BCUT2D eigenvalue weighted by atomic mass is 32.2. The van der Waals surface area contributed by atoms with E-state index in [2.05, 4.69) is 11.6 Å². The van der Waals surface area contributed by atoms with Gasteiger partial charge in [0.2, 0.25) is 0 Å². The predicted molar refractivity (Wildman–Crippen MR) is 83.6 cm³/mol. The zero-order chi connectivity index (χ0) is 14.4. The summed E-state index contributed by atoms with van der Waals surface area (Å²) in [6.07, 6.45) is 7.77. The maximum atomic E-state index is 13.6. The summed E-state index contributed by atoms with van der Waals surface area (Å²) < 4.78 is 13.9. The standard InChI is InChI=1S/C16H24FNOS/c1-20-16(9-5-2-6-10-16)12-18-11-15(19)13-7-3-4-8-14(13)17/h3-4,7-8,15,18-19H,2,5-6,9-12H2,1H3. The molecule has 0 aliphatic heterocycles. The van der Waals surface area contributed by atoms with E-state index in [1.54, 1.807) is 18.2 Å². The van der Waals surface area contributed by atoms with E-state index in [1.807, 2.05) is 11.8 Å². The minimum absolute atomic E-state index is 0.299. The van der Waals surface area contributed by atoms with Crippen LogP contribution >= 0.6 is 11.8 Å². The molecular formula is C16H24FNOS. The van der Waals surface area contributed by atoms with Crippen LogP contribution in [0.4, 0.5) is 4.39 Å². The molecule has 1 aromatic rings. The fourth-order valence-corrected chi connectivity index (χ4v) is 3.88. The van der Waals surface area contributed by atoms with Crippen molar-refractivity contribution in [3.05, 3.63) is 35.6 Å². The number of hydrogen-bond acceptors (Lipinski definition) is 3. The molecule has 1 aromatic carbocycles. The van der Waals surface area contributed by atoms with Gasteiger partial charge in [-0.25, -0.2) is 4.39 Å². The summed E-state index contributed by atoms with van der Waals surface area (Å²) in [7, 11) is 0. The third kappa shape index (κ3) is 3.96. The van der Waals surface area contributed by atoms with Crippen molar-refractivity contribution in [2.75, 3.05) is 19.3 Å². The van der Waals surface area contributed by atoms with E-state index in [-0.39, 0.29) is 5.82 Å². The maximum absolute atomic E-state index is 13.6. The summed E-state index contributed by atoms with van der Waals surface area (Å²) in [5.74, 6) is -0.334. The molecule has 2 nitrogen and oxygen atoms in total. The molecule has 1 fully saturated rings. The van der Waals surface area contributed by atoms with Gasteiger partial charge in [-0.05, 0) is 25.2 Å². The van der Waals surface area contributed by atoms with Crippen LogP contribution in [0.1, 0.15) is 43.8 Å². The SMILES string of the molecule is CSC1(CNCC(O)c2ccccc2F)CCCCC1. The highest BCUT2D eigenvalue weighted by molar-refractivity contribution is 8.00. The third-order valence-corrected chi connectivity index (χ3v) is 5.67. The van der Waals surface area contributed by atoms with E-state index in [1.165, 1.54) is 38.2 Å². The van der Waals surface area contributed by atoms with Crippen molar-refractivity contribution in [1.29, 1.82) is 0 Å². The number of aliphatic hydroxyl groups is 1. The molecule has 112 valence electrons. The van der Waals surface area contributed by atoms with Crippen LogP contribution in [0.3, 0.4) is 0 Å². The Morgan fingerprint density at radius 2 is 2.00 bits per heavy atom. The molecule has 0 amide bonds. The fourth-order valence-electron chi connectivity index (χ4n) is 2.94.